The van der Waals surface area contributed by atoms with E-state index >= 15 is 0 Å². The van der Waals surface area contributed by atoms with Crippen molar-refractivity contribution < 1.29 is 0 Å². The fourth-order valence-corrected chi connectivity index (χ4v) is 2.75. The van der Waals surface area contributed by atoms with Gasteiger partial charge in [-0.25, -0.2) is 0 Å². The Balaban J connectivity index is 2.29. The quantitative estimate of drug-likeness (QED) is 0.802. The van der Waals surface area contributed by atoms with E-state index in [1.165, 1.54) is 18.4 Å². The molecule has 0 aliphatic heterocycles. The van der Waals surface area contributed by atoms with Crippen molar-refractivity contribution in [2.75, 3.05) is 0 Å². The predicted octanol–water partition coefficient (Wildman–Crippen LogP) is 3.09. The van der Waals surface area contributed by atoms with E-state index in [0.717, 1.165) is 0 Å². The van der Waals surface area contributed by atoms with Crippen molar-refractivity contribution in [1.82, 2.24) is 0 Å². The maximum Gasteiger partial charge on any atom is 0.0279 e. The molecule has 1 aromatic carbocycles. The Morgan fingerprint density at radius 3 is 2.40 bits per heavy atom. The average molecular weight is 203 g/mol. The van der Waals surface area contributed by atoms with Gasteiger partial charge in [0.25, 0.3) is 0 Å². The van der Waals surface area contributed by atoms with Crippen molar-refractivity contribution in [1.29, 1.82) is 0 Å². The van der Waals surface area contributed by atoms with E-state index in [0.29, 0.717) is 5.92 Å². The van der Waals surface area contributed by atoms with E-state index in [1.807, 2.05) is 0 Å². The molecule has 1 saturated carbocycles. The van der Waals surface area contributed by atoms with Crippen molar-refractivity contribution in [3.8, 4) is 0 Å². The Labute approximate surface area is 92.7 Å². The third-order valence-corrected chi connectivity index (χ3v) is 4.30. The Morgan fingerprint density at radius 1 is 1.33 bits per heavy atom. The fraction of sp³-hybridized carbons (Fsp3) is 0.571. The van der Waals surface area contributed by atoms with Gasteiger partial charge < -0.3 is 5.73 Å². The summed E-state index contributed by atoms with van der Waals surface area (Å²) in [7, 11) is 0. The van der Waals surface area contributed by atoms with Crippen LogP contribution in [0.5, 0.6) is 0 Å². The summed E-state index contributed by atoms with van der Waals surface area (Å²) in [4.78, 5) is 0. The Kier molecular flexibility index (Phi) is 2.38. The summed E-state index contributed by atoms with van der Waals surface area (Å²) < 4.78 is 0. The molecule has 1 fully saturated rings. The molecule has 0 saturated heterocycles. The summed E-state index contributed by atoms with van der Waals surface area (Å²) in [5.74, 6) is 0.702. The van der Waals surface area contributed by atoms with Crippen LogP contribution in [0.25, 0.3) is 0 Å². The molecule has 0 spiro atoms. The molecule has 1 aromatic rings. The molecule has 82 valence electrons. The van der Waals surface area contributed by atoms with Crippen LogP contribution in [0.2, 0.25) is 0 Å². The predicted molar refractivity (Wildman–Crippen MR) is 64.8 cm³/mol. The molecule has 1 aliphatic carbocycles. The van der Waals surface area contributed by atoms with Crippen LogP contribution >= 0.6 is 0 Å². The van der Waals surface area contributed by atoms with Crippen LogP contribution in [0.4, 0.5) is 0 Å². The highest BCUT2D eigenvalue weighted by Crippen LogP contribution is 2.55. The second-order valence-corrected chi connectivity index (χ2v) is 5.34. The van der Waals surface area contributed by atoms with Gasteiger partial charge in [-0.1, -0.05) is 57.5 Å². The van der Waals surface area contributed by atoms with Gasteiger partial charge in [-0.05, 0) is 17.9 Å². The summed E-state index contributed by atoms with van der Waals surface area (Å²) in [6.45, 7) is 6.79. The normalized spacial score (nSPS) is 30.3. The van der Waals surface area contributed by atoms with Crippen molar-refractivity contribution in [3.63, 3.8) is 0 Å². The van der Waals surface area contributed by atoms with Gasteiger partial charge in [0, 0.05) is 11.0 Å². The molecule has 2 atom stereocenters. The summed E-state index contributed by atoms with van der Waals surface area (Å²) >= 11 is 0. The molecular weight excluding hydrogens is 182 g/mol. The van der Waals surface area contributed by atoms with Gasteiger partial charge in [0.1, 0.15) is 0 Å². The lowest BCUT2D eigenvalue weighted by Crippen LogP contribution is -2.45. The lowest BCUT2D eigenvalue weighted by atomic mass is 9.74. The van der Waals surface area contributed by atoms with Crippen LogP contribution < -0.4 is 5.73 Å². The molecule has 2 N–H and O–H groups in total. The minimum atomic E-state index is 0.0170. The van der Waals surface area contributed by atoms with Crippen molar-refractivity contribution in [2.45, 2.75) is 44.6 Å². The zero-order valence-electron chi connectivity index (χ0n) is 9.96. The van der Waals surface area contributed by atoms with E-state index in [2.05, 4.69) is 51.1 Å². The van der Waals surface area contributed by atoms with Crippen molar-refractivity contribution >= 4 is 0 Å². The van der Waals surface area contributed by atoms with E-state index < -0.39 is 0 Å². The number of nitrogens with two attached hydrogens (primary N) is 1. The largest absolute Gasteiger partial charge is 0.324 e. The third-order valence-electron chi connectivity index (χ3n) is 4.30. The van der Waals surface area contributed by atoms with E-state index in [1.54, 1.807) is 0 Å². The summed E-state index contributed by atoms with van der Waals surface area (Å²) in [5, 5.41) is 0. The first-order chi connectivity index (χ1) is 7.02. The molecule has 1 aliphatic rings. The summed E-state index contributed by atoms with van der Waals surface area (Å²) in [6.07, 6.45) is 2.37. The Morgan fingerprint density at radius 2 is 1.93 bits per heavy atom. The minimum Gasteiger partial charge on any atom is -0.324 e. The lowest BCUT2D eigenvalue weighted by Gasteiger charge is -2.33. The van der Waals surface area contributed by atoms with Gasteiger partial charge >= 0.3 is 0 Å². The number of benzene rings is 1. The van der Waals surface area contributed by atoms with Gasteiger partial charge in [0.2, 0.25) is 0 Å². The lowest BCUT2D eigenvalue weighted by molar-refractivity contribution is 0.360. The summed E-state index contributed by atoms with van der Waals surface area (Å²) in [6, 6.07) is 10.7. The monoisotopic (exact) mass is 203 g/mol. The average Bonchev–Trinajstić information content (AvgIpc) is 2.93. The molecule has 0 aromatic heterocycles. The first kappa shape index (κ1) is 10.7. The SMILES string of the molecule is CCC1CC1(N)C(C)(C)c1ccccc1. The molecule has 2 unspecified atom stereocenters. The molecule has 15 heavy (non-hydrogen) atoms. The van der Waals surface area contributed by atoms with Crippen LogP contribution in [0.1, 0.15) is 39.2 Å². The van der Waals surface area contributed by atoms with Gasteiger partial charge in [0.15, 0.2) is 0 Å². The van der Waals surface area contributed by atoms with Crippen LogP contribution in [-0.4, -0.2) is 5.54 Å². The first-order valence-electron chi connectivity index (χ1n) is 5.87. The van der Waals surface area contributed by atoms with Crippen LogP contribution in [0, 0.1) is 5.92 Å². The second kappa shape index (κ2) is 3.34. The highest BCUT2D eigenvalue weighted by Gasteiger charge is 2.59. The first-order valence-corrected chi connectivity index (χ1v) is 5.87. The Bertz CT molecular complexity index is 342. The third kappa shape index (κ3) is 1.50. The topological polar surface area (TPSA) is 26.0 Å². The molecule has 0 radical (unpaired) electrons. The molecule has 2 rings (SSSR count). The maximum absolute atomic E-state index is 6.51. The van der Waals surface area contributed by atoms with E-state index in [4.69, 9.17) is 5.73 Å². The van der Waals surface area contributed by atoms with Crippen LogP contribution in [0.3, 0.4) is 0 Å². The molecule has 0 heterocycles. The molecule has 0 amide bonds. The van der Waals surface area contributed by atoms with Crippen LogP contribution in [0.15, 0.2) is 30.3 Å². The second-order valence-electron chi connectivity index (χ2n) is 5.34. The highest BCUT2D eigenvalue weighted by atomic mass is 14.9. The maximum atomic E-state index is 6.51. The van der Waals surface area contributed by atoms with Gasteiger partial charge in [-0.15, -0.1) is 0 Å². The molecule has 1 nitrogen and oxygen atoms in total. The van der Waals surface area contributed by atoms with Crippen LogP contribution in [-0.2, 0) is 5.41 Å². The molecular formula is C14H21N. The fourth-order valence-electron chi connectivity index (χ4n) is 2.75. The minimum absolute atomic E-state index is 0.0170. The highest BCUT2D eigenvalue weighted by molar-refractivity contribution is 5.34. The number of rotatable bonds is 3. The van der Waals surface area contributed by atoms with Gasteiger partial charge in [-0.2, -0.15) is 0 Å². The number of hydrogen-bond acceptors (Lipinski definition) is 1. The van der Waals surface area contributed by atoms with Crippen molar-refractivity contribution in [3.05, 3.63) is 35.9 Å². The smallest absolute Gasteiger partial charge is 0.0279 e. The standard InChI is InChI=1S/C14H21N/c1-4-11-10-14(11,15)13(2,3)12-8-6-5-7-9-12/h5-9,11H,4,10,15H2,1-3H3. The molecule has 1 heteroatoms. The van der Waals surface area contributed by atoms with E-state index in [9.17, 15) is 0 Å². The zero-order chi connectivity index (χ0) is 11.1. The van der Waals surface area contributed by atoms with Crippen molar-refractivity contribution in [2.24, 2.45) is 11.7 Å². The molecule has 0 bridgehead atoms. The van der Waals surface area contributed by atoms with Gasteiger partial charge in [0.05, 0.1) is 0 Å². The van der Waals surface area contributed by atoms with Gasteiger partial charge in [-0.3, -0.25) is 0 Å². The Hall–Kier alpha value is -0.820. The zero-order valence-corrected chi connectivity index (χ0v) is 9.96. The van der Waals surface area contributed by atoms with E-state index in [-0.39, 0.29) is 11.0 Å². The summed E-state index contributed by atoms with van der Waals surface area (Å²) in [5.41, 5.74) is 7.98. The number of hydrogen-bond donors (Lipinski definition) is 1.